The van der Waals surface area contributed by atoms with Gasteiger partial charge in [0.05, 0.1) is 31.0 Å². The van der Waals surface area contributed by atoms with Gasteiger partial charge >= 0.3 is 5.97 Å². The lowest BCUT2D eigenvalue weighted by Crippen LogP contribution is -2.31. The number of methoxy groups -OCH3 is 1. The molecular formula is C27H21ClN2O7S. The minimum absolute atomic E-state index is 0.0877. The van der Waals surface area contributed by atoms with Gasteiger partial charge in [0.15, 0.2) is 28.0 Å². The van der Waals surface area contributed by atoms with Crippen molar-refractivity contribution in [1.29, 1.82) is 0 Å². The fourth-order valence-corrected chi connectivity index (χ4v) is 5.53. The fraction of sp³-hybridized carbons (Fsp3) is 0.185. The summed E-state index contributed by atoms with van der Waals surface area (Å²) in [6, 6.07) is 12.2. The number of nitrogens with zero attached hydrogens (tertiary/aromatic N) is 2. The number of ketones is 1. The number of anilines is 1. The minimum atomic E-state index is -1.09. The number of aliphatic hydroxyl groups is 1. The maximum atomic E-state index is 13.8. The highest BCUT2D eigenvalue weighted by Crippen LogP contribution is 2.44. The van der Waals surface area contributed by atoms with Crippen LogP contribution in [-0.2, 0) is 9.53 Å². The Labute approximate surface area is 225 Å². The van der Waals surface area contributed by atoms with Gasteiger partial charge in [-0.25, -0.2) is 9.78 Å². The number of carbonyl (C=O) groups is 3. The Morgan fingerprint density at radius 1 is 1.21 bits per heavy atom. The lowest BCUT2D eigenvalue weighted by atomic mass is 9.95. The van der Waals surface area contributed by atoms with Crippen molar-refractivity contribution in [3.63, 3.8) is 0 Å². The van der Waals surface area contributed by atoms with E-state index < -0.39 is 29.5 Å². The van der Waals surface area contributed by atoms with E-state index in [-0.39, 0.29) is 27.9 Å². The van der Waals surface area contributed by atoms with Crippen LogP contribution in [-0.4, -0.2) is 41.5 Å². The molecule has 2 aromatic heterocycles. The molecule has 11 heteroatoms. The van der Waals surface area contributed by atoms with E-state index in [1.807, 2.05) is 0 Å². The summed E-state index contributed by atoms with van der Waals surface area (Å²) in [6.45, 7) is 3.47. The molecule has 9 nitrogen and oxygen atoms in total. The smallest absolute Gasteiger partial charge is 0.350 e. The molecular weight excluding hydrogens is 532 g/mol. The molecule has 1 unspecified atom stereocenters. The molecule has 0 saturated heterocycles. The second-order valence-corrected chi connectivity index (χ2v) is 9.76. The summed E-state index contributed by atoms with van der Waals surface area (Å²) >= 11 is 7.18. The number of fused-ring (bicyclic) bond motifs is 1. The zero-order valence-corrected chi connectivity index (χ0v) is 22.1. The van der Waals surface area contributed by atoms with Crippen LogP contribution in [0.15, 0.2) is 64.3 Å². The number of hydrogen-bond acceptors (Lipinski definition) is 9. The van der Waals surface area contributed by atoms with E-state index in [1.165, 1.54) is 18.1 Å². The number of aryl methyl sites for hydroxylation is 1. The molecule has 0 bridgehead atoms. The Morgan fingerprint density at radius 2 is 1.97 bits per heavy atom. The molecule has 0 spiro atoms. The molecule has 194 valence electrons. The quantitative estimate of drug-likeness (QED) is 0.225. The molecule has 1 N–H and O–H groups in total. The van der Waals surface area contributed by atoms with E-state index in [9.17, 15) is 19.5 Å². The van der Waals surface area contributed by atoms with Crippen LogP contribution in [0.3, 0.4) is 0 Å². The zero-order valence-electron chi connectivity index (χ0n) is 20.5. The molecule has 4 aromatic rings. The standard InChI is InChI=1S/C27H21ClN2O7S/c1-4-36-26(34)24-13(2)29-27(38-24)30-20(14-7-5-9-16(28)11-14)19(22(32)25(30)33)21(31)18-12-15-8-6-10-17(35-3)23(15)37-18/h5-12,20,32H,4H2,1-3H3. The van der Waals surface area contributed by atoms with Gasteiger partial charge in [0, 0.05) is 10.4 Å². The summed E-state index contributed by atoms with van der Waals surface area (Å²) in [7, 11) is 1.48. The second-order valence-electron chi connectivity index (χ2n) is 8.34. The molecule has 3 heterocycles. The number of ether oxygens (including phenoxy) is 2. The van der Waals surface area contributed by atoms with Crippen molar-refractivity contribution in [2.24, 2.45) is 0 Å². The van der Waals surface area contributed by atoms with Crippen LogP contribution in [0.1, 0.15) is 44.4 Å². The topological polar surface area (TPSA) is 119 Å². The Kier molecular flexibility index (Phi) is 6.68. The molecule has 0 saturated carbocycles. The number of para-hydroxylation sites is 1. The molecule has 1 aliphatic heterocycles. The second kappa shape index (κ2) is 9.96. The lowest BCUT2D eigenvalue weighted by Gasteiger charge is -2.24. The van der Waals surface area contributed by atoms with Crippen LogP contribution in [0.5, 0.6) is 5.75 Å². The Balaban J connectivity index is 1.64. The highest BCUT2D eigenvalue weighted by molar-refractivity contribution is 7.17. The number of rotatable bonds is 7. The van der Waals surface area contributed by atoms with Gasteiger partial charge in [0.2, 0.25) is 5.78 Å². The van der Waals surface area contributed by atoms with Crippen molar-refractivity contribution < 1.29 is 33.4 Å². The van der Waals surface area contributed by atoms with Crippen molar-refractivity contribution >= 4 is 56.7 Å². The predicted molar refractivity (Wildman–Crippen MR) is 141 cm³/mol. The van der Waals surface area contributed by atoms with E-state index in [1.54, 1.807) is 56.3 Å². The number of benzene rings is 2. The molecule has 0 radical (unpaired) electrons. The van der Waals surface area contributed by atoms with Gasteiger partial charge in [0.1, 0.15) is 4.88 Å². The Hall–Kier alpha value is -4.15. The number of Topliss-reactive ketones (excluding diaryl/α,β-unsaturated/α-hetero) is 1. The molecule has 1 amide bonds. The van der Waals surface area contributed by atoms with Crippen molar-refractivity contribution in [3.05, 3.63) is 86.8 Å². The third-order valence-electron chi connectivity index (χ3n) is 6.02. The minimum Gasteiger partial charge on any atom is -0.503 e. The predicted octanol–water partition coefficient (Wildman–Crippen LogP) is 5.82. The maximum absolute atomic E-state index is 13.8. The first-order valence-electron chi connectivity index (χ1n) is 11.5. The van der Waals surface area contributed by atoms with E-state index in [4.69, 9.17) is 25.5 Å². The SMILES string of the molecule is CCOC(=O)c1sc(N2C(=O)C(O)=C(C(=O)c3cc4cccc(OC)c4o3)C2c2cccc(Cl)c2)nc1C. The maximum Gasteiger partial charge on any atom is 0.350 e. The molecule has 0 aliphatic carbocycles. The molecule has 1 aliphatic rings. The molecule has 0 fully saturated rings. The van der Waals surface area contributed by atoms with Gasteiger partial charge in [-0.2, -0.15) is 0 Å². The van der Waals surface area contributed by atoms with Gasteiger partial charge in [0.25, 0.3) is 5.91 Å². The Morgan fingerprint density at radius 3 is 2.68 bits per heavy atom. The fourth-order valence-electron chi connectivity index (χ4n) is 4.34. The molecule has 2 aromatic carbocycles. The molecule has 38 heavy (non-hydrogen) atoms. The first-order valence-corrected chi connectivity index (χ1v) is 12.7. The third kappa shape index (κ3) is 4.21. The largest absolute Gasteiger partial charge is 0.503 e. The third-order valence-corrected chi connectivity index (χ3v) is 7.39. The summed E-state index contributed by atoms with van der Waals surface area (Å²) in [5, 5.41) is 12.1. The van der Waals surface area contributed by atoms with Crippen LogP contribution in [0.4, 0.5) is 5.13 Å². The zero-order chi connectivity index (χ0) is 27.1. The van der Waals surface area contributed by atoms with Crippen LogP contribution < -0.4 is 9.64 Å². The van der Waals surface area contributed by atoms with Crippen LogP contribution in [0.2, 0.25) is 5.02 Å². The van der Waals surface area contributed by atoms with Gasteiger partial charge < -0.3 is 19.0 Å². The number of esters is 1. The van der Waals surface area contributed by atoms with E-state index >= 15 is 0 Å². The normalized spacial score (nSPS) is 15.4. The monoisotopic (exact) mass is 552 g/mol. The van der Waals surface area contributed by atoms with Gasteiger partial charge in [-0.05, 0) is 43.7 Å². The van der Waals surface area contributed by atoms with E-state index in [2.05, 4.69) is 4.98 Å². The van der Waals surface area contributed by atoms with Crippen LogP contribution >= 0.6 is 22.9 Å². The summed E-state index contributed by atoms with van der Waals surface area (Å²) < 4.78 is 16.3. The Bertz CT molecular complexity index is 1640. The number of furan rings is 1. The summed E-state index contributed by atoms with van der Waals surface area (Å²) in [4.78, 5) is 45.5. The average molecular weight is 553 g/mol. The van der Waals surface area contributed by atoms with E-state index in [0.717, 1.165) is 11.3 Å². The number of carbonyl (C=O) groups excluding carboxylic acids is 3. The van der Waals surface area contributed by atoms with Gasteiger partial charge in [-0.15, -0.1) is 0 Å². The molecule has 1 atom stereocenters. The van der Waals surface area contributed by atoms with Gasteiger partial charge in [-0.1, -0.05) is 47.2 Å². The van der Waals surface area contributed by atoms with Crippen molar-refractivity contribution in [3.8, 4) is 5.75 Å². The summed E-state index contributed by atoms with van der Waals surface area (Å²) in [6.07, 6.45) is 0. The first kappa shape index (κ1) is 25.5. The highest BCUT2D eigenvalue weighted by atomic mass is 35.5. The highest BCUT2D eigenvalue weighted by Gasteiger charge is 2.47. The summed E-state index contributed by atoms with van der Waals surface area (Å²) in [5.41, 5.74) is 0.955. The number of amides is 1. The van der Waals surface area contributed by atoms with Gasteiger partial charge in [-0.3, -0.25) is 14.5 Å². The van der Waals surface area contributed by atoms with Crippen molar-refractivity contribution in [2.45, 2.75) is 19.9 Å². The molecule has 5 rings (SSSR count). The van der Waals surface area contributed by atoms with Crippen molar-refractivity contribution in [1.82, 2.24) is 4.98 Å². The number of aromatic nitrogens is 1. The van der Waals surface area contributed by atoms with Crippen molar-refractivity contribution in [2.75, 3.05) is 18.6 Å². The number of thiazole rings is 1. The number of aliphatic hydroxyl groups excluding tert-OH is 1. The first-order chi connectivity index (χ1) is 18.2. The number of halogens is 1. The summed E-state index contributed by atoms with van der Waals surface area (Å²) in [5.74, 6) is -2.53. The van der Waals surface area contributed by atoms with Crippen LogP contribution in [0.25, 0.3) is 11.0 Å². The van der Waals surface area contributed by atoms with E-state index in [0.29, 0.717) is 33.0 Å². The lowest BCUT2D eigenvalue weighted by molar-refractivity contribution is -0.117. The van der Waals surface area contributed by atoms with Crippen LogP contribution in [0, 0.1) is 6.92 Å². The average Bonchev–Trinajstić information content (AvgIpc) is 3.57. The number of hydrogen-bond donors (Lipinski definition) is 1.